The van der Waals surface area contributed by atoms with Crippen LogP contribution in [0.15, 0.2) is 29.1 Å². The van der Waals surface area contributed by atoms with Gasteiger partial charge >= 0.3 is 6.18 Å². The van der Waals surface area contributed by atoms with Crippen molar-refractivity contribution in [2.45, 2.75) is 33.0 Å². The lowest BCUT2D eigenvalue weighted by Crippen LogP contribution is -2.31. The molecule has 29 heavy (non-hydrogen) atoms. The molecule has 0 atom stereocenters. The number of aryl methyl sites for hydroxylation is 1. The minimum atomic E-state index is -4.87. The van der Waals surface area contributed by atoms with Gasteiger partial charge in [-0.15, -0.1) is 0 Å². The zero-order chi connectivity index (χ0) is 21.3. The van der Waals surface area contributed by atoms with Crippen LogP contribution in [-0.4, -0.2) is 27.2 Å². The maximum Gasteiger partial charge on any atom is 0.431 e. The summed E-state index contributed by atoms with van der Waals surface area (Å²) in [5.41, 5.74) is -1.08. The predicted molar refractivity (Wildman–Crippen MR) is 98.2 cm³/mol. The summed E-state index contributed by atoms with van der Waals surface area (Å²) in [6.07, 6.45) is -4.22. The van der Waals surface area contributed by atoms with Gasteiger partial charge in [-0.2, -0.15) is 18.3 Å². The van der Waals surface area contributed by atoms with E-state index in [-0.39, 0.29) is 24.2 Å². The highest BCUT2D eigenvalue weighted by Crippen LogP contribution is 2.31. The fourth-order valence-electron chi connectivity index (χ4n) is 3.22. The number of nitrogens with zero attached hydrogens (tertiary/aromatic N) is 2. The van der Waals surface area contributed by atoms with Crippen molar-refractivity contribution in [3.8, 4) is 0 Å². The Morgan fingerprint density at radius 2 is 2.03 bits per heavy atom. The van der Waals surface area contributed by atoms with Crippen LogP contribution in [0.4, 0.5) is 17.6 Å². The van der Waals surface area contributed by atoms with Gasteiger partial charge in [0.2, 0.25) is 0 Å². The van der Waals surface area contributed by atoms with Crippen LogP contribution < -0.4 is 10.7 Å². The lowest BCUT2D eigenvalue weighted by molar-refractivity contribution is -0.143. The van der Waals surface area contributed by atoms with Crippen LogP contribution in [0.2, 0.25) is 0 Å². The predicted octanol–water partition coefficient (Wildman–Crippen LogP) is 3.18. The molecule has 10 heteroatoms. The van der Waals surface area contributed by atoms with Gasteiger partial charge in [-0.05, 0) is 25.5 Å². The Morgan fingerprint density at radius 1 is 1.31 bits per heavy atom. The zero-order valence-corrected chi connectivity index (χ0v) is 15.7. The zero-order valence-electron chi connectivity index (χ0n) is 15.7. The van der Waals surface area contributed by atoms with Crippen LogP contribution in [0.25, 0.3) is 10.9 Å². The Balaban J connectivity index is 1.93. The molecule has 0 saturated carbocycles. The molecular formula is C19H18F4N4O2. The van der Waals surface area contributed by atoms with Crippen LogP contribution in [-0.2, 0) is 19.1 Å². The highest BCUT2D eigenvalue weighted by atomic mass is 19.4. The van der Waals surface area contributed by atoms with Gasteiger partial charge in [0.15, 0.2) is 11.1 Å². The van der Waals surface area contributed by atoms with Gasteiger partial charge in [-0.3, -0.25) is 14.7 Å². The first kappa shape index (κ1) is 20.6. The molecule has 0 fully saturated rings. The molecule has 1 amide bonds. The minimum Gasteiger partial charge on any atom is -0.349 e. The Morgan fingerprint density at radius 3 is 2.66 bits per heavy atom. The van der Waals surface area contributed by atoms with Crippen molar-refractivity contribution in [2.24, 2.45) is 0 Å². The highest BCUT2D eigenvalue weighted by Gasteiger charge is 2.35. The number of rotatable bonds is 5. The first-order valence-corrected chi connectivity index (χ1v) is 8.86. The van der Waals surface area contributed by atoms with Gasteiger partial charge in [0.1, 0.15) is 11.5 Å². The fraction of sp³-hybridized carbons (Fsp3) is 0.316. The van der Waals surface area contributed by atoms with Crippen molar-refractivity contribution in [1.82, 2.24) is 20.1 Å². The van der Waals surface area contributed by atoms with Crippen molar-refractivity contribution in [3.63, 3.8) is 0 Å². The number of hydrogen-bond acceptors (Lipinski definition) is 3. The Hall–Kier alpha value is -3.17. The molecule has 0 spiro atoms. The summed E-state index contributed by atoms with van der Waals surface area (Å²) in [6, 6.07) is 3.94. The van der Waals surface area contributed by atoms with E-state index >= 15 is 0 Å². The fourth-order valence-corrected chi connectivity index (χ4v) is 3.22. The molecule has 0 aliphatic carbocycles. The van der Waals surface area contributed by atoms with Crippen molar-refractivity contribution < 1.29 is 22.4 Å². The van der Waals surface area contributed by atoms with Crippen LogP contribution in [0.5, 0.6) is 0 Å². The Kier molecular flexibility index (Phi) is 5.45. The van der Waals surface area contributed by atoms with E-state index < -0.39 is 34.5 Å². The standard InChI is InChI=1S/C19H18F4N4O2/c1-3-13-10(2)16(26-25-13)18(29)24-7-8-27-15(19(21,22)23)9-14(28)11-5-4-6-12(20)17(11)27/h4-6,9H,3,7-8H2,1-2H3,(H,24,29)(H,25,26). The third kappa shape index (κ3) is 3.87. The number of alkyl halides is 3. The summed E-state index contributed by atoms with van der Waals surface area (Å²) in [7, 11) is 0. The first-order chi connectivity index (χ1) is 13.6. The highest BCUT2D eigenvalue weighted by molar-refractivity contribution is 5.93. The molecule has 1 aromatic carbocycles. The van der Waals surface area contributed by atoms with E-state index in [1.165, 1.54) is 12.1 Å². The number of carbonyl (C=O) groups is 1. The number of aromatic amines is 1. The molecule has 0 aliphatic rings. The second-order valence-electron chi connectivity index (χ2n) is 6.46. The molecule has 0 unspecified atom stereocenters. The second-order valence-corrected chi connectivity index (χ2v) is 6.46. The molecule has 2 aromatic heterocycles. The summed E-state index contributed by atoms with van der Waals surface area (Å²) < 4.78 is 55.3. The molecule has 2 N–H and O–H groups in total. The third-order valence-corrected chi connectivity index (χ3v) is 4.67. The van der Waals surface area contributed by atoms with Gasteiger partial charge < -0.3 is 9.88 Å². The Bertz CT molecular complexity index is 1130. The molecule has 3 rings (SSSR count). The summed E-state index contributed by atoms with van der Waals surface area (Å²) in [6.45, 7) is 2.99. The number of carbonyl (C=O) groups excluding carboxylic acids is 1. The average molecular weight is 410 g/mol. The van der Waals surface area contributed by atoms with E-state index in [1.807, 2.05) is 6.92 Å². The number of H-pyrrole nitrogens is 1. The average Bonchev–Trinajstić information content (AvgIpc) is 3.03. The molecule has 0 saturated heterocycles. The normalized spacial score (nSPS) is 11.8. The molecule has 154 valence electrons. The van der Waals surface area contributed by atoms with Crippen molar-refractivity contribution >= 4 is 16.8 Å². The van der Waals surface area contributed by atoms with Crippen molar-refractivity contribution in [2.75, 3.05) is 6.54 Å². The number of nitrogens with one attached hydrogen (secondary N) is 2. The first-order valence-electron chi connectivity index (χ1n) is 8.86. The molecule has 6 nitrogen and oxygen atoms in total. The molecule has 0 aliphatic heterocycles. The molecule has 0 bridgehead atoms. The molecular weight excluding hydrogens is 392 g/mol. The van der Waals surface area contributed by atoms with E-state index in [0.29, 0.717) is 22.6 Å². The molecule has 2 heterocycles. The van der Waals surface area contributed by atoms with Gasteiger partial charge in [0, 0.05) is 35.8 Å². The molecule has 0 radical (unpaired) electrons. The number of halogens is 4. The smallest absolute Gasteiger partial charge is 0.349 e. The number of amides is 1. The number of aromatic nitrogens is 3. The lowest BCUT2D eigenvalue weighted by Gasteiger charge is -2.19. The van der Waals surface area contributed by atoms with Crippen LogP contribution in [0.1, 0.15) is 34.4 Å². The quantitative estimate of drug-likeness (QED) is 0.634. The second kappa shape index (κ2) is 7.69. The van der Waals surface area contributed by atoms with Crippen LogP contribution in [0, 0.1) is 12.7 Å². The summed E-state index contributed by atoms with van der Waals surface area (Å²) >= 11 is 0. The Labute approximate surface area is 162 Å². The van der Waals surface area contributed by atoms with Gasteiger partial charge in [-0.1, -0.05) is 13.0 Å². The van der Waals surface area contributed by atoms with Crippen molar-refractivity contribution in [3.05, 3.63) is 63.0 Å². The summed E-state index contributed by atoms with van der Waals surface area (Å²) in [4.78, 5) is 24.3. The van der Waals surface area contributed by atoms with Crippen LogP contribution >= 0.6 is 0 Å². The lowest BCUT2D eigenvalue weighted by atomic mass is 10.1. The van der Waals surface area contributed by atoms with E-state index in [0.717, 1.165) is 11.8 Å². The maximum absolute atomic E-state index is 14.3. The van der Waals surface area contributed by atoms with E-state index in [9.17, 15) is 27.2 Å². The van der Waals surface area contributed by atoms with E-state index in [1.54, 1.807) is 6.92 Å². The minimum absolute atomic E-state index is 0.147. The maximum atomic E-state index is 14.3. The van der Waals surface area contributed by atoms with Gasteiger partial charge in [0.05, 0.1) is 5.52 Å². The summed E-state index contributed by atoms with van der Waals surface area (Å²) in [5, 5.41) is 8.98. The summed E-state index contributed by atoms with van der Waals surface area (Å²) in [5.74, 6) is -1.51. The SMILES string of the molecule is CCc1[nH]nc(C(=O)NCCn2c(C(F)(F)F)cc(=O)c3cccc(F)c32)c1C. The van der Waals surface area contributed by atoms with E-state index in [4.69, 9.17) is 0 Å². The van der Waals surface area contributed by atoms with Gasteiger partial charge in [0.25, 0.3) is 5.91 Å². The van der Waals surface area contributed by atoms with Crippen molar-refractivity contribution in [1.29, 1.82) is 0 Å². The third-order valence-electron chi connectivity index (χ3n) is 4.67. The molecule has 3 aromatic rings. The van der Waals surface area contributed by atoms with Gasteiger partial charge in [-0.25, -0.2) is 4.39 Å². The number of para-hydroxylation sites is 1. The largest absolute Gasteiger partial charge is 0.431 e. The van der Waals surface area contributed by atoms with E-state index in [2.05, 4.69) is 15.5 Å². The number of benzene rings is 1. The number of pyridine rings is 1. The number of fused-ring (bicyclic) bond motifs is 1. The topological polar surface area (TPSA) is 79.8 Å². The monoisotopic (exact) mass is 410 g/mol. The number of hydrogen-bond donors (Lipinski definition) is 2. The van der Waals surface area contributed by atoms with Crippen LogP contribution in [0.3, 0.4) is 0 Å².